The molecule has 0 spiro atoms. The molecular weight excluding hydrogens is 1900 g/mol. The van der Waals surface area contributed by atoms with Crippen LogP contribution in [0.2, 0.25) is 0 Å². The zero-order valence-electron chi connectivity index (χ0n) is 83.5. The number of hydrogen-bond acceptors (Lipinski definition) is 24. The van der Waals surface area contributed by atoms with E-state index >= 15 is 0 Å². The summed E-state index contributed by atoms with van der Waals surface area (Å²) in [5.74, 6) is 1.47. The Morgan fingerprint density at radius 1 is 0.322 bits per heavy atom. The summed E-state index contributed by atoms with van der Waals surface area (Å²) < 4.78 is 56.7. The molecule has 4 aromatic carbocycles. The second kappa shape index (κ2) is 42.8. The van der Waals surface area contributed by atoms with Gasteiger partial charge in [0.15, 0.2) is 22.8 Å². The lowest BCUT2D eigenvalue weighted by molar-refractivity contribution is -0.117. The van der Waals surface area contributed by atoms with Crippen LogP contribution in [0.1, 0.15) is 151 Å². The number of amides is 7. The van der Waals surface area contributed by atoms with Gasteiger partial charge in [0.2, 0.25) is 5.91 Å². The number of aromatic amines is 4. The predicted octanol–water partition coefficient (Wildman–Crippen LogP) is 18.9. The number of halogens is 4. The second-order valence-electron chi connectivity index (χ2n) is 40.6. The van der Waals surface area contributed by atoms with Gasteiger partial charge in [-0.3, -0.25) is 74.1 Å². The fraction of sp³-hybridized carbons (Fsp3) is 0.327. The van der Waals surface area contributed by atoms with Crippen molar-refractivity contribution < 1.29 is 46.3 Å². The number of nitrogens with zero attached hydrogens (tertiary/aromatic N) is 19. The number of nitrogens with one attached hydrogen (secondary N) is 10. The van der Waals surface area contributed by atoms with Gasteiger partial charge in [-0.15, -0.1) is 0 Å². The number of rotatable bonds is 23. The largest absolute Gasteiger partial charge is 0.353 e. The Morgan fingerprint density at radius 3 is 0.886 bits per heavy atom. The molecule has 10 N–H and O–H groups in total. The van der Waals surface area contributed by atoms with Gasteiger partial charge in [0.25, 0.3) is 23.6 Å². The maximum atomic E-state index is 14.2. The highest BCUT2D eigenvalue weighted by Crippen LogP contribution is 2.39. The van der Waals surface area contributed by atoms with Crippen LogP contribution in [-0.4, -0.2) is 246 Å². The fourth-order valence-corrected chi connectivity index (χ4v) is 19.5. The molecule has 764 valence electrons. The van der Waals surface area contributed by atoms with Gasteiger partial charge in [-0.1, -0.05) is 30.7 Å². The first-order valence-corrected chi connectivity index (χ1v) is 50.2. The third-order valence-electron chi connectivity index (χ3n) is 27.9. The van der Waals surface area contributed by atoms with Crippen molar-refractivity contribution >= 4 is 137 Å². The molecule has 0 bridgehead atoms. The maximum Gasteiger partial charge on any atom is 0.321 e. The third-order valence-corrected chi connectivity index (χ3v) is 27.9. The number of piperidine rings is 1. The quantitative estimate of drug-likeness (QED) is 0.0266. The van der Waals surface area contributed by atoms with E-state index in [0.29, 0.717) is 163 Å². The van der Waals surface area contributed by atoms with Crippen molar-refractivity contribution in [1.82, 2.24) is 95.4 Å². The van der Waals surface area contributed by atoms with Crippen LogP contribution < -0.4 is 51.5 Å². The van der Waals surface area contributed by atoms with Crippen LogP contribution in [0, 0.1) is 5.92 Å². The molecule has 35 nitrogen and oxygen atoms in total. The number of benzene rings is 4. The number of carbonyl (C=O) groups is 6. The zero-order valence-corrected chi connectivity index (χ0v) is 83.5. The highest BCUT2D eigenvalue weighted by atomic mass is 19.2. The van der Waals surface area contributed by atoms with E-state index in [1.165, 1.54) is 48.1 Å². The molecule has 7 amide bonds. The minimum atomic E-state index is -1.22. The van der Waals surface area contributed by atoms with Crippen LogP contribution in [0.3, 0.4) is 0 Å². The monoisotopic (exact) mass is 2010 g/mol. The zero-order chi connectivity index (χ0) is 103. The van der Waals surface area contributed by atoms with Gasteiger partial charge in [0.05, 0.1) is 120 Å². The van der Waals surface area contributed by atoms with Crippen LogP contribution in [0.5, 0.6) is 0 Å². The average molecular weight is 2020 g/mol. The molecule has 4 unspecified atom stereocenters. The average Bonchev–Trinajstić information content (AvgIpc) is 1.64. The molecule has 23 rings (SSSR count). The Kier molecular flexibility index (Phi) is 28.7. The topological polar surface area (TPSA) is 415 Å². The molecule has 0 radical (unpaired) electrons. The van der Waals surface area contributed by atoms with E-state index in [-0.39, 0.29) is 52.9 Å². The van der Waals surface area contributed by atoms with E-state index in [1.807, 2.05) is 135 Å². The van der Waals surface area contributed by atoms with E-state index in [0.717, 1.165) is 124 Å². The Morgan fingerprint density at radius 2 is 0.611 bits per heavy atom. The number of likely N-dealkylation sites (tertiary alicyclic amines) is 2. The lowest BCUT2D eigenvalue weighted by atomic mass is 10.0. The van der Waals surface area contributed by atoms with Crippen molar-refractivity contribution in [2.75, 3.05) is 144 Å². The summed E-state index contributed by atoms with van der Waals surface area (Å²) in [5, 5.41) is 48.6. The predicted molar refractivity (Wildman–Crippen MR) is 569 cm³/mol. The van der Waals surface area contributed by atoms with Crippen molar-refractivity contribution in [2.45, 2.75) is 134 Å². The van der Waals surface area contributed by atoms with E-state index in [2.05, 4.69) is 134 Å². The number of hydrogen-bond donors (Lipinski definition) is 10. The summed E-state index contributed by atoms with van der Waals surface area (Å²) in [4.78, 5) is 126. The lowest BCUT2D eigenvalue weighted by Crippen LogP contribution is -2.29. The molecule has 6 saturated heterocycles. The summed E-state index contributed by atoms with van der Waals surface area (Å²) in [6.07, 6.45) is 30.6. The number of urea groups is 1. The molecule has 7 aliphatic rings. The Hall–Kier alpha value is -16.6. The number of anilines is 10. The molecule has 149 heavy (non-hydrogen) atoms. The lowest BCUT2D eigenvalue weighted by Gasteiger charge is -2.26. The van der Waals surface area contributed by atoms with Crippen LogP contribution >= 0.6 is 0 Å². The first-order valence-electron chi connectivity index (χ1n) is 50.2. The van der Waals surface area contributed by atoms with Crippen molar-refractivity contribution in [3.63, 3.8) is 0 Å². The summed E-state index contributed by atoms with van der Waals surface area (Å²) in [7, 11) is 3.32. The number of H-pyrrole nitrogens is 4. The Balaban J connectivity index is 0.000000120. The third kappa shape index (κ3) is 24.2. The molecule has 12 aromatic heterocycles. The van der Waals surface area contributed by atoms with Crippen molar-refractivity contribution in [2.24, 2.45) is 5.92 Å². The van der Waals surface area contributed by atoms with Crippen molar-refractivity contribution in [1.29, 1.82) is 0 Å². The summed E-state index contributed by atoms with van der Waals surface area (Å²) in [6, 6.07) is 45.1. The van der Waals surface area contributed by atoms with Crippen LogP contribution in [0.4, 0.5) is 79.8 Å². The highest BCUT2D eigenvalue weighted by molar-refractivity contribution is 6.15. The summed E-state index contributed by atoms with van der Waals surface area (Å²) in [5.41, 5.74) is 12.2. The van der Waals surface area contributed by atoms with E-state index < -0.39 is 22.7 Å². The molecule has 1 saturated carbocycles. The molecule has 18 heterocycles. The van der Waals surface area contributed by atoms with Crippen LogP contribution in [0.25, 0.3) is 88.1 Å². The summed E-state index contributed by atoms with van der Waals surface area (Å²) >= 11 is 0. The maximum absolute atomic E-state index is 14.2. The Labute approximate surface area is 856 Å². The number of aromatic nitrogens is 16. The van der Waals surface area contributed by atoms with Gasteiger partial charge in [0, 0.05) is 166 Å². The normalized spacial score (nSPS) is 19.2. The molecule has 7 fully saturated rings. The summed E-state index contributed by atoms with van der Waals surface area (Å²) in [6.45, 7) is 16.5. The minimum absolute atomic E-state index is 0.0204. The van der Waals surface area contributed by atoms with Gasteiger partial charge in [0.1, 0.15) is 45.9 Å². The second-order valence-corrected chi connectivity index (χ2v) is 40.6. The highest BCUT2D eigenvalue weighted by Gasteiger charge is 2.39. The van der Waals surface area contributed by atoms with E-state index in [4.69, 9.17) is 0 Å². The van der Waals surface area contributed by atoms with Crippen LogP contribution in [-0.2, 0) is 17.9 Å². The van der Waals surface area contributed by atoms with E-state index in [1.54, 1.807) is 134 Å². The minimum Gasteiger partial charge on any atom is -0.353 e. The number of carbonyl (C=O) groups excluding carboxylic acids is 6. The smallest absolute Gasteiger partial charge is 0.321 e. The SMILES string of the molecule is CC1(F)CCN(c2ccc(NC(=O)c3n[nH]c4ccc(-c5cncc(CN6CCCC6)c5)cc34)cn2)C1.CC1(F)CCN(c2ccc(NC(=O)c3n[nH]c4ccc(-c5cncc(CN6CCCCC6)c5)cc34)cn2)C1.CC1(F)CCN(c2ccc(NC(=O)c3n[nH]c4ccc(-c5cncc(NC(=O)C6CC6)c5)cc34)cn2)C1.CN(C)C(=O)Nc1cncc(-c2ccc3[nH]nc(C(=O)Nc4ccc(N5CCC(C)(F)C5)nc4)c3c2)c1. The molecule has 4 atom stereocenters. The molecule has 16 aromatic rings. The number of pyridine rings is 8. The van der Waals surface area contributed by atoms with Gasteiger partial charge < -0.3 is 56.4 Å². The molecule has 39 heteroatoms. The van der Waals surface area contributed by atoms with Crippen LogP contribution in [0.15, 0.2) is 220 Å². The number of alkyl halides is 4. The fourth-order valence-electron chi connectivity index (χ4n) is 19.5. The first kappa shape index (κ1) is 99.7. The first-order chi connectivity index (χ1) is 71.9. The van der Waals surface area contributed by atoms with Crippen molar-refractivity contribution in [3.8, 4) is 44.5 Å². The molecular formula is C110H115F4N29O6. The molecule has 1 aliphatic carbocycles. The van der Waals surface area contributed by atoms with Crippen molar-refractivity contribution in [3.05, 3.63) is 254 Å². The van der Waals surface area contributed by atoms with Gasteiger partial charge in [-0.05, 0) is 247 Å². The molecule has 6 aliphatic heterocycles. The van der Waals surface area contributed by atoms with E-state index in [9.17, 15) is 46.3 Å². The standard InChI is InChI=1S/C29H32FN7O.C28H30FN7O.C27H26FN7O2.C26H27FN8O2/c1-29(30)9-12-37(19-29)26-8-6-23(17-32-26)33-28(38)27-24-14-21(5-7-25(24)34-35-27)22-13-20(15-31-16-22)18-36-10-3-2-4-11-36;1-28(29)8-11-36(18-28)25-7-5-22(16-31-25)32-27(37)26-23-13-20(4-6-24(23)33-34-26)21-12-19(14-30-15-21)17-35-9-2-3-10-35;1-27(28)8-9-35(15-27)23-7-5-19(14-30-23)31-26(37)24-21-11-17(4-6-22(21)33-34-24)18-10-20(13-29-12-18)32-25(36)16-2-3-16;1-26(27)8-9-35(15-26)22-7-5-18(14-29-22)30-24(36)23-20-11-16(4-6-21(20)32-33-23)17-10-19(13-28-12-17)31-25(37)34(2)3/h5-8,13-17H,2-4,9-12,18-19H2,1H3,(H,33,38)(H,34,35);4-7,12-16H,2-3,8-11,17-18H2,1H3,(H,32,37)(H,33,34);4-7,10-14,16H,2-3,8-9,15H2,1H3,(H,31,37)(H,32,36)(H,33,34);4-7,10-14H,8-9,15H2,1-3H3,(H,30,36)(H,31,37)(H,32,33). The van der Waals surface area contributed by atoms with Gasteiger partial charge in [-0.25, -0.2) is 42.3 Å². The number of fused-ring (bicyclic) bond motifs is 4. The van der Waals surface area contributed by atoms with Gasteiger partial charge in [-0.2, -0.15) is 20.4 Å². The Bertz CT molecular complexity index is 7390. The van der Waals surface area contributed by atoms with Gasteiger partial charge >= 0.3 is 6.03 Å².